The monoisotopic (exact) mass is 280 g/mol. The van der Waals surface area contributed by atoms with Gasteiger partial charge in [0.25, 0.3) is 0 Å². The Bertz CT molecular complexity index is 497. The van der Waals surface area contributed by atoms with E-state index in [4.69, 9.17) is 11.6 Å². The van der Waals surface area contributed by atoms with Crippen LogP contribution in [0.15, 0.2) is 35.0 Å². The molecule has 0 aliphatic carbocycles. The lowest BCUT2D eigenvalue weighted by molar-refractivity contribution is 0.806. The molecule has 0 amide bonds. The molecule has 2 aromatic rings. The summed E-state index contributed by atoms with van der Waals surface area (Å²) >= 11 is 7.79. The first-order valence-electron chi connectivity index (χ1n) is 5.86. The highest BCUT2D eigenvalue weighted by molar-refractivity contribution is 7.07. The Morgan fingerprint density at radius 2 is 2.17 bits per heavy atom. The van der Waals surface area contributed by atoms with Gasteiger partial charge in [0.2, 0.25) is 0 Å². The summed E-state index contributed by atoms with van der Waals surface area (Å²) in [4.78, 5) is 2.26. The van der Waals surface area contributed by atoms with E-state index < -0.39 is 0 Å². The minimum Gasteiger partial charge on any atom is -0.370 e. The maximum Gasteiger partial charge on any atom is 0.0434 e. The molecule has 18 heavy (non-hydrogen) atoms. The summed E-state index contributed by atoms with van der Waals surface area (Å²) in [6, 6.07) is 8.22. The van der Waals surface area contributed by atoms with Crippen molar-refractivity contribution < 1.29 is 0 Å². The van der Waals surface area contributed by atoms with Crippen molar-refractivity contribution in [1.29, 1.82) is 0 Å². The molecule has 0 aliphatic heterocycles. The largest absolute Gasteiger partial charge is 0.370 e. The smallest absolute Gasteiger partial charge is 0.0434 e. The van der Waals surface area contributed by atoms with Gasteiger partial charge in [-0.2, -0.15) is 11.3 Å². The fraction of sp³-hybridized carbons (Fsp3) is 0.286. The second-order valence-electron chi connectivity index (χ2n) is 4.29. The fourth-order valence-corrected chi connectivity index (χ4v) is 2.85. The van der Waals surface area contributed by atoms with Crippen LogP contribution in [-0.4, -0.2) is 14.1 Å². The standard InChI is InChI=1S/C14H17ClN2S/c1-16-8-12-7-13(15)3-4-14(12)17(2)9-11-5-6-18-10-11/h3-7,10,16H,8-9H2,1-2H3. The van der Waals surface area contributed by atoms with Gasteiger partial charge in [-0.15, -0.1) is 0 Å². The molecule has 4 heteroatoms. The van der Waals surface area contributed by atoms with Crippen LogP contribution in [0.4, 0.5) is 5.69 Å². The van der Waals surface area contributed by atoms with Gasteiger partial charge in [-0.05, 0) is 53.2 Å². The average Bonchev–Trinajstić information content (AvgIpc) is 2.82. The lowest BCUT2D eigenvalue weighted by atomic mass is 10.1. The van der Waals surface area contributed by atoms with Crippen molar-refractivity contribution in [3.8, 4) is 0 Å². The Morgan fingerprint density at radius 3 is 2.83 bits per heavy atom. The summed E-state index contributed by atoms with van der Waals surface area (Å²) in [5.41, 5.74) is 3.79. The average molecular weight is 281 g/mol. The highest BCUT2D eigenvalue weighted by Crippen LogP contribution is 2.25. The van der Waals surface area contributed by atoms with Crippen LogP contribution in [0.25, 0.3) is 0 Å². The molecular formula is C14H17ClN2S. The summed E-state index contributed by atoms with van der Waals surface area (Å²) in [6.07, 6.45) is 0. The van der Waals surface area contributed by atoms with E-state index in [-0.39, 0.29) is 0 Å². The molecule has 0 bridgehead atoms. The number of anilines is 1. The van der Waals surface area contributed by atoms with Gasteiger partial charge in [0.15, 0.2) is 0 Å². The highest BCUT2D eigenvalue weighted by atomic mass is 35.5. The molecule has 0 fully saturated rings. The van der Waals surface area contributed by atoms with E-state index in [0.717, 1.165) is 18.1 Å². The first-order valence-corrected chi connectivity index (χ1v) is 7.18. The molecule has 1 aromatic heterocycles. The Hall–Kier alpha value is -1.03. The molecule has 2 nitrogen and oxygen atoms in total. The third-order valence-corrected chi connectivity index (χ3v) is 3.79. The van der Waals surface area contributed by atoms with Crippen molar-refractivity contribution in [2.75, 3.05) is 19.0 Å². The second kappa shape index (κ2) is 6.23. The molecule has 1 heterocycles. The molecule has 1 aromatic carbocycles. The minimum atomic E-state index is 0.785. The Balaban J connectivity index is 2.20. The Kier molecular flexibility index (Phi) is 4.64. The van der Waals surface area contributed by atoms with Crippen molar-refractivity contribution in [3.05, 3.63) is 51.2 Å². The maximum atomic E-state index is 6.06. The van der Waals surface area contributed by atoms with Gasteiger partial charge >= 0.3 is 0 Å². The minimum absolute atomic E-state index is 0.785. The summed E-state index contributed by atoms with van der Waals surface area (Å²) in [5.74, 6) is 0. The topological polar surface area (TPSA) is 15.3 Å². The third-order valence-electron chi connectivity index (χ3n) is 2.82. The van der Waals surface area contributed by atoms with Crippen LogP contribution >= 0.6 is 22.9 Å². The van der Waals surface area contributed by atoms with Crippen molar-refractivity contribution >= 4 is 28.6 Å². The number of thiophene rings is 1. The highest BCUT2D eigenvalue weighted by Gasteiger charge is 2.08. The zero-order valence-corrected chi connectivity index (χ0v) is 12.2. The molecular weight excluding hydrogens is 264 g/mol. The number of nitrogens with one attached hydrogen (secondary N) is 1. The molecule has 0 atom stereocenters. The van der Waals surface area contributed by atoms with Crippen molar-refractivity contribution in [3.63, 3.8) is 0 Å². The van der Waals surface area contributed by atoms with E-state index in [2.05, 4.69) is 40.2 Å². The molecule has 0 spiro atoms. The molecule has 2 rings (SSSR count). The van der Waals surface area contributed by atoms with Crippen molar-refractivity contribution in [1.82, 2.24) is 5.32 Å². The van der Waals surface area contributed by atoms with E-state index in [9.17, 15) is 0 Å². The lowest BCUT2D eigenvalue weighted by Gasteiger charge is -2.22. The van der Waals surface area contributed by atoms with Gasteiger partial charge in [-0.1, -0.05) is 11.6 Å². The summed E-state index contributed by atoms with van der Waals surface area (Å²) in [7, 11) is 4.06. The second-order valence-corrected chi connectivity index (χ2v) is 5.51. The van der Waals surface area contributed by atoms with E-state index >= 15 is 0 Å². The predicted octanol–water partition coefficient (Wildman–Crippen LogP) is 3.76. The van der Waals surface area contributed by atoms with Crippen LogP contribution in [0, 0.1) is 0 Å². The summed E-state index contributed by atoms with van der Waals surface area (Å²) in [5, 5.41) is 8.26. The van der Waals surface area contributed by atoms with E-state index in [1.165, 1.54) is 16.8 Å². The number of hydrogen-bond acceptors (Lipinski definition) is 3. The van der Waals surface area contributed by atoms with E-state index in [1.807, 2.05) is 19.2 Å². The lowest BCUT2D eigenvalue weighted by Crippen LogP contribution is -2.19. The molecule has 0 saturated carbocycles. The van der Waals surface area contributed by atoms with E-state index in [1.54, 1.807) is 11.3 Å². The van der Waals surface area contributed by atoms with Crippen LogP contribution in [0.1, 0.15) is 11.1 Å². The van der Waals surface area contributed by atoms with Gasteiger partial charge in [-0.25, -0.2) is 0 Å². The van der Waals surface area contributed by atoms with Gasteiger partial charge in [-0.3, -0.25) is 0 Å². The molecule has 0 radical (unpaired) electrons. The number of rotatable bonds is 5. The van der Waals surface area contributed by atoms with Crippen LogP contribution in [-0.2, 0) is 13.1 Å². The van der Waals surface area contributed by atoms with Crippen molar-refractivity contribution in [2.24, 2.45) is 0 Å². The first kappa shape index (κ1) is 13.4. The van der Waals surface area contributed by atoms with Gasteiger partial charge in [0.1, 0.15) is 0 Å². The molecule has 0 saturated heterocycles. The van der Waals surface area contributed by atoms with Crippen LogP contribution < -0.4 is 10.2 Å². The Labute approximate surface area is 117 Å². The quantitative estimate of drug-likeness (QED) is 0.897. The zero-order chi connectivity index (χ0) is 13.0. The molecule has 0 unspecified atom stereocenters. The van der Waals surface area contributed by atoms with Crippen LogP contribution in [0.3, 0.4) is 0 Å². The first-order chi connectivity index (χ1) is 8.70. The summed E-state index contributed by atoms with van der Waals surface area (Å²) in [6.45, 7) is 1.74. The van der Waals surface area contributed by atoms with Crippen LogP contribution in [0.5, 0.6) is 0 Å². The fourth-order valence-electron chi connectivity index (χ4n) is 2.00. The number of hydrogen-bond donors (Lipinski definition) is 1. The third kappa shape index (κ3) is 3.25. The van der Waals surface area contributed by atoms with Crippen LogP contribution in [0.2, 0.25) is 5.02 Å². The predicted molar refractivity (Wildman–Crippen MR) is 80.6 cm³/mol. The number of nitrogens with zero attached hydrogens (tertiary/aromatic N) is 1. The van der Waals surface area contributed by atoms with Crippen molar-refractivity contribution in [2.45, 2.75) is 13.1 Å². The van der Waals surface area contributed by atoms with E-state index in [0.29, 0.717) is 0 Å². The maximum absolute atomic E-state index is 6.06. The Morgan fingerprint density at radius 1 is 1.33 bits per heavy atom. The zero-order valence-electron chi connectivity index (χ0n) is 10.6. The van der Waals surface area contributed by atoms with Gasteiger partial charge < -0.3 is 10.2 Å². The molecule has 1 N–H and O–H groups in total. The SMILES string of the molecule is CNCc1cc(Cl)ccc1N(C)Cc1ccsc1. The molecule has 96 valence electrons. The normalized spacial score (nSPS) is 10.6. The number of halogens is 1. The molecule has 0 aliphatic rings. The number of benzene rings is 1. The summed E-state index contributed by atoms with van der Waals surface area (Å²) < 4.78 is 0. The van der Waals surface area contributed by atoms with Gasteiger partial charge in [0, 0.05) is 30.8 Å². The van der Waals surface area contributed by atoms with Gasteiger partial charge in [0.05, 0.1) is 0 Å².